The predicted molar refractivity (Wildman–Crippen MR) is 108 cm³/mol. The van der Waals surface area contributed by atoms with E-state index in [9.17, 15) is 4.79 Å². The van der Waals surface area contributed by atoms with Gasteiger partial charge in [-0.15, -0.1) is 0 Å². The van der Waals surface area contributed by atoms with Crippen LogP contribution in [-0.2, 0) is 0 Å². The normalized spacial score (nSPS) is 11.6. The van der Waals surface area contributed by atoms with Crippen molar-refractivity contribution < 1.29 is 9.53 Å². The van der Waals surface area contributed by atoms with E-state index < -0.39 is 0 Å². The van der Waals surface area contributed by atoms with Crippen molar-refractivity contribution in [1.82, 2.24) is 4.98 Å². The zero-order valence-corrected chi connectivity index (χ0v) is 15.4. The fourth-order valence-electron chi connectivity index (χ4n) is 2.54. The van der Waals surface area contributed by atoms with Crippen molar-refractivity contribution in [2.24, 2.45) is 0 Å². The van der Waals surface area contributed by atoms with Crippen LogP contribution in [0, 0.1) is 0 Å². The third-order valence-corrected chi connectivity index (χ3v) is 4.12. The van der Waals surface area contributed by atoms with Crippen molar-refractivity contribution in [1.29, 1.82) is 0 Å². The van der Waals surface area contributed by atoms with E-state index in [0.717, 1.165) is 5.56 Å². The molecule has 0 saturated heterocycles. The molecule has 0 saturated carbocycles. The molecular formula is C20H19ClN4O2. The van der Waals surface area contributed by atoms with Gasteiger partial charge in [0.05, 0.1) is 5.02 Å². The molecule has 7 heteroatoms. The van der Waals surface area contributed by atoms with E-state index in [4.69, 9.17) is 27.8 Å². The zero-order valence-electron chi connectivity index (χ0n) is 14.6. The van der Waals surface area contributed by atoms with Gasteiger partial charge in [-0.05, 0) is 42.8 Å². The summed E-state index contributed by atoms with van der Waals surface area (Å²) in [5, 5.41) is 3.30. The highest BCUT2D eigenvalue weighted by atomic mass is 35.5. The minimum atomic E-state index is -0.322. The number of nitrogens with two attached hydrogens (primary N) is 2. The molecule has 3 rings (SSSR count). The molecule has 1 amide bonds. The summed E-state index contributed by atoms with van der Waals surface area (Å²) in [5.74, 6) is 0.429. The monoisotopic (exact) mass is 382 g/mol. The molecule has 0 bridgehead atoms. The highest BCUT2D eigenvalue weighted by Gasteiger charge is 2.13. The Morgan fingerprint density at radius 3 is 2.70 bits per heavy atom. The van der Waals surface area contributed by atoms with Gasteiger partial charge in [0, 0.05) is 29.2 Å². The second kappa shape index (κ2) is 7.97. The molecule has 27 heavy (non-hydrogen) atoms. The Balaban J connectivity index is 1.74. The largest absolute Gasteiger partial charge is 0.482 e. The second-order valence-corrected chi connectivity index (χ2v) is 6.44. The summed E-state index contributed by atoms with van der Waals surface area (Å²) < 4.78 is 5.87. The summed E-state index contributed by atoms with van der Waals surface area (Å²) in [6.07, 6.45) is 1.14. The number of aromatic nitrogens is 1. The Morgan fingerprint density at radius 2 is 1.93 bits per heavy atom. The van der Waals surface area contributed by atoms with Crippen LogP contribution in [0.1, 0.15) is 28.9 Å². The number of hydrogen-bond donors (Lipinski definition) is 3. The van der Waals surface area contributed by atoms with Gasteiger partial charge in [0.25, 0.3) is 5.91 Å². The van der Waals surface area contributed by atoms with Crippen LogP contribution in [-0.4, -0.2) is 10.9 Å². The SMILES string of the molecule is C[C@@H](Oc1cc(Cl)cnc1N)c1cccc(NC(=O)c2cccc(N)c2)c1. The summed E-state index contributed by atoms with van der Waals surface area (Å²) in [6.45, 7) is 1.87. The average molecular weight is 383 g/mol. The van der Waals surface area contributed by atoms with E-state index in [1.54, 1.807) is 36.4 Å². The van der Waals surface area contributed by atoms with Crippen LogP contribution in [0.4, 0.5) is 17.2 Å². The van der Waals surface area contributed by atoms with Crippen LogP contribution in [0.25, 0.3) is 0 Å². The molecule has 1 atom stereocenters. The van der Waals surface area contributed by atoms with Crippen molar-refractivity contribution >= 4 is 34.7 Å². The fraction of sp³-hybridized carbons (Fsp3) is 0.100. The molecule has 0 aliphatic carbocycles. The number of anilines is 3. The lowest BCUT2D eigenvalue weighted by Crippen LogP contribution is -2.13. The molecule has 0 fully saturated rings. The quantitative estimate of drug-likeness (QED) is 0.571. The van der Waals surface area contributed by atoms with Gasteiger partial charge in [-0.1, -0.05) is 29.8 Å². The number of nitrogens with zero attached hydrogens (tertiary/aromatic N) is 1. The molecule has 5 N–H and O–H groups in total. The smallest absolute Gasteiger partial charge is 0.255 e. The third-order valence-electron chi connectivity index (χ3n) is 3.91. The Kier molecular flexibility index (Phi) is 5.47. The topological polar surface area (TPSA) is 103 Å². The number of carbonyl (C=O) groups is 1. The van der Waals surface area contributed by atoms with E-state index in [1.807, 2.05) is 25.1 Å². The van der Waals surface area contributed by atoms with Gasteiger partial charge >= 0.3 is 0 Å². The van der Waals surface area contributed by atoms with E-state index in [2.05, 4.69) is 10.3 Å². The Labute approximate surface area is 162 Å². The Morgan fingerprint density at radius 1 is 1.15 bits per heavy atom. The van der Waals surface area contributed by atoms with Gasteiger partial charge in [-0.25, -0.2) is 4.98 Å². The van der Waals surface area contributed by atoms with Crippen LogP contribution in [0.15, 0.2) is 60.8 Å². The van der Waals surface area contributed by atoms with Crippen molar-refractivity contribution in [3.63, 3.8) is 0 Å². The molecule has 1 heterocycles. The fourth-order valence-corrected chi connectivity index (χ4v) is 2.68. The average Bonchev–Trinajstić information content (AvgIpc) is 2.65. The number of pyridine rings is 1. The first kappa shape index (κ1) is 18.5. The molecule has 6 nitrogen and oxygen atoms in total. The summed E-state index contributed by atoms with van der Waals surface area (Å²) in [4.78, 5) is 16.4. The maximum atomic E-state index is 12.4. The molecule has 0 spiro atoms. The van der Waals surface area contributed by atoms with Gasteiger partial charge in [0.15, 0.2) is 11.6 Å². The predicted octanol–water partition coefficient (Wildman–Crippen LogP) is 4.29. The van der Waals surface area contributed by atoms with Gasteiger partial charge in [-0.2, -0.15) is 0 Å². The number of hydrogen-bond acceptors (Lipinski definition) is 5. The van der Waals surface area contributed by atoms with Crippen molar-refractivity contribution in [2.75, 3.05) is 16.8 Å². The molecule has 3 aromatic rings. The highest BCUT2D eigenvalue weighted by molar-refractivity contribution is 6.30. The number of halogens is 1. The van der Waals surface area contributed by atoms with E-state index >= 15 is 0 Å². The zero-order chi connectivity index (χ0) is 19.4. The first-order valence-electron chi connectivity index (χ1n) is 8.27. The maximum Gasteiger partial charge on any atom is 0.255 e. The summed E-state index contributed by atoms with van der Waals surface area (Å²) in [5.41, 5.74) is 14.1. The molecule has 0 aliphatic heterocycles. The first-order valence-corrected chi connectivity index (χ1v) is 8.64. The number of benzene rings is 2. The second-order valence-electron chi connectivity index (χ2n) is 6.00. The first-order chi connectivity index (χ1) is 12.9. The number of rotatable bonds is 5. The molecule has 2 aromatic carbocycles. The lowest BCUT2D eigenvalue weighted by atomic mass is 10.1. The number of carbonyl (C=O) groups excluding carboxylic acids is 1. The lowest BCUT2D eigenvalue weighted by molar-refractivity contribution is 0.102. The molecule has 0 radical (unpaired) electrons. The lowest BCUT2D eigenvalue weighted by Gasteiger charge is -2.17. The minimum absolute atomic E-state index is 0.240. The van der Waals surface area contributed by atoms with E-state index in [-0.39, 0.29) is 17.8 Å². The minimum Gasteiger partial charge on any atom is -0.482 e. The van der Waals surface area contributed by atoms with Crippen LogP contribution in [0.5, 0.6) is 5.75 Å². The number of nitrogen functional groups attached to an aromatic ring is 2. The number of ether oxygens (including phenoxy) is 1. The van der Waals surface area contributed by atoms with Crippen molar-refractivity contribution in [3.05, 3.63) is 76.9 Å². The Hall–Kier alpha value is -3.25. The van der Waals surface area contributed by atoms with Gasteiger partial charge < -0.3 is 21.5 Å². The van der Waals surface area contributed by atoms with Crippen LogP contribution < -0.4 is 21.5 Å². The molecular weight excluding hydrogens is 364 g/mol. The van der Waals surface area contributed by atoms with Crippen LogP contribution in [0.2, 0.25) is 5.02 Å². The van der Waals surface area contributed by atoms with Crippen molar-refractivity contribution in [3.8, 4) is 5.75 Å². The van der Waals surface area contributed by atoms with E-state index in [1.165, 1.54) is 6.20 Å². The highest BCUT2D eigenvalue weighted by Crippen LogP contribution is 2.29. The van der Waals surface area contributed by atoms with Gasteiger partial charge in [-0.3, -0.25) is 4.79 Å². The molecule has 0 aliphatic rings. The number of amides is 1. The van der Waals surface area contributed by atoms with Crippen LogP contribution in [0.3, 0.4) is 0 Å². The van der Waals surface area contributed by atoms with Crippen molar-refractivity contribution in [2.45, 2.75) is 13.0 Å². The standard InChI is InChI=1S/C20H19ClN4O2/c1-12(27-18-10-15(21)11-24-19(18)23)13-4-3-7-17(9-13)25-20(26)14-5-2-6-16(22)8-14/h2-12H,22H2,1H3,(H2,23,24)(H,25,26)/t12-/m1/s1. The van der Waals surface area contributed by atoms with E-state index in [0.29, 0.717) is 27.7 Å². The van der Waals surface area contributed by atoms with Gasteiger partial charge in [0.1, 0.15) is 6.10 Å². The summed E-state index contributed by atoms with van der Waals surface area (Å²) in [6, 6.07) is 15.8. The molecule has 1 aromatic heterocycles. The van der Waals surface area contributed by atoms with Crippen LogP contribution >= 0.6 is 11.6 Å². The van der Waals surface area contributed by atoms with Gasteiger partial charge in [0.2, 0.25) is 0 Å². The molecule has 138 valence electrons. The number of nitrogens with one attached hydrogen (secondary N) is 1. The third kappa shape index (κ3) is 4.68. The maximum absolute atomic E-state index is 12.4. The Bertz CT molecular complexity index is 978. The molecule has 0 unspecified atom stereocenters. The summed E-state index contributed by atoms with van der Waals surface area (Å²) >= 11 is 5.94. The summed E-state index contributed by atoms with van der Waals surface area (Å²) in [7, 11) is 0.